The Kier molecular flexibility index (Phi) is 5.46. The van der Waals surface area contributed by atoms with Gasteiger partial charge in [-0.25, -0.2) is 0 Å². The van der Waals surface area contributed by atoms with Crippen molar-refractivity contribution in [2.45, 2.75) is 50.4 Å². The molecule has 5 nitrogen and oxygen atoms in total. The summed E-state index contributed by atoms with van der Waals surface area (Å²) in [5.74, 6) is 0.879. The van der Waals surface area contributed by atoms with Crippen LogP contribution in [0.2, 0.25) is 5.02 Å². The average Bonchev–Trinajstić information content (AvgIpc) is 3.02. The Hall–Kier alpha value is -1.53. The third-order valence-electron chi connectivity index (χ3n) is 4.30. The zero-order valence-corrected chi connectivity index (χ0v) is 15.3. The number of carbonyl (C=O) groups is 1. The van der Waals surface area contributed by atoms with E-state index in [1.54, 1.807) is 12.1 Å². The van der Waals surface area contributed by atoms with Gasteiger partial charge in [-0.2, -0.15) is 0 Å². The SMILES string of the molecule is C[C@H]1CCC[C@H](C)N1C(=O)CSc1nnc(-c2ccc(Cl)cc2)o1. The second kappa shape index (κ2) is 7.57. The number of amides is 1. The highest BCUT2D eigenvalue weighted by molar-refractivity contribution is 7.99. The molecule has 1 aliphatic heterocycles. The third kappa shape index (κ3) is 3.92. The van der Waals surface area contributed by atoms with Crippen molar-refractivity contribution in [3.63, 3.8) is 0 Å². The van der Waals surface area contributed by atoms with Crippen LogP contribution in [0.5, 0.6) is 0 Å². The number of aromatic nitrogens is 2. The first-order valence-corrected chi connectivity index (χ1v) is 9.44. The topological polar surface area (TPSA) is 59.2 Å². The van der Waals surface area contributed by atoms with E-state index in [9.17, 15) is 4.79 Å². The van der Waals surface area contributed by atoms with Gasteiger partial charge in [-0.15, -0.1) is 10.2 Å². The minimum atomic E-state index is 0.131. The van der Waals surface area contributed by atoms with E-state index in [2.05, 4.69) is 24.0 Å². The number of carbonyl (C=O) groups excluding carboxylic acids is 1. The standard InChI is InChI=1S/C17H20ClN3O2S/c1-11-4-3-5-12(2)21(11)15(22)10-24-17-20-19-16(23-17)13-6-8-14(18)9-7-13/h6-9,11-12H,3-5,10H2,1-2H3/t11-,12-/m0/s1. The molecule has 0 unspecified atom stereocenters. The Balaban J connectivity index is 1.61. The second-order valence-electron chi connectivity index (χ2n) is 6.10. The monoisotopic (exact) mass is 365 g/mol. The van der Waals surface area contributed by atoms with Crippen LogP contribution < -0.4 is 0 Å². The molecule has 128 valence electrons. The number of piperidine rings is 1. The van der Waals surface area contributed by atoms with Crippen LogP contribution in [0.25, 0.3) is 11.5 Å². The summed E-state index contributed by atoms with van der Waals surface area (Å²) >= 11 is 7.16. The maximum atomic E-state index is 12.5. The molecule has 7 heteroatoms. The fourth-order valence-corrected chi connectivity index (χ4v) is 3.85. The van der Waals surface area contributed by atoms with Crippen molar-refractivity contribution in [1.29, 1.82) is 0 Å². The molecule has 2 atom stereocenters. The van der Waals surface area contributed by atoms with Gasteiger partial charge in [0.2, 0.25) is 11.8 Å². The van der Waals surface area contributed by atoms with Crippen LogP contribution in [0.3, 0.4) is 0 Å². The van der Waals surface area contributed by atoms with Crippen molar-refractivity contribution >= 4 is 29.3 Å². The normalized spacial score (nSPS) is 21.0. The summed E-state index contributed by atoms with van der Waals surface area (Å²) < 4.78 is 5.63. The van der Waals surface area contributed by atoms with Gasteiger partial charge in [-0.05, 0) is 57.4 Å². The van der Waals surface area contributed by atoms with Crippen LogP contribution in [-0.2, 0) is 4.79 Å². The molecule has 2 aromatic rings. The average molecular weight is 366 g/mol. The molecule has 3 rings (SSSR count). The Morgan fingerprint density at radius 2 is 1.92 bits per heavy atom. The molecule has 24 heavy (non-hydrogen) atoms. The molecule has 0 aliphatic carbocycles. The van der Waals surface area contributed by atoms with E-state index in [0.717, 1.165) is 18.4 Å². The predicted molar refractivity (Wildman–Crippen MR) is 95.1 cm³/mol. The largest absolute Gasteiger partial charge is 0.411 e. The molecule has 2 heterocycles. The third-order valence-corrected chi connectivity index (χ3v) is 5.35. The zero-order chi connectivity index (χ0) is 17.1. The Bertz CT molecular complexity index is 694. The lowest BCUT2D eigenvalue weighted by atomic mass is 9.98. The number of nitrogens with zero attached hydrogens (tertiary/aromatic N) is 3. The van der Waals surface area contributed by atoms with Crippen LogP contribution >= 0.6 is 23.4 Å². The molecule has 0 radical (unpaired) electrons. The summed E-state index contributed by atoms with van der Waals surface area (Å²) in [7, 11) is 0. The fraction of sp³-hybridized carbons (Fsp3) is 0.471. The van der Waals surface area contributed by atoms with Gasteiger partial charge in [0.25, 0.3) is 5.22 Å². The van der Waals surface area contributed by atoms with E-state index >= 15 is 0 Å². The first-order valence-electron chi connectivity index (χ1n) is 8.08. The fourth-order valence-electron chi connectivity index (χ4n) is 3.09. The van der Waals surface area contributed by atoms with Crippen molar-refractivity contribution in [1.82, 2.24) is 15.1 Å². The van der Waals surface area contributed by atoms with Crippen molar-refractivity contribution < 1.29 is 9.21 Å². The predicted octanol–water partition coefficient (Wildman–Crippen LogP) is 4.27. The highest BCUT2D eigenvalue weighted by atomic mass is 35.5. The summed E-state index contributed by atoms with van der Waals surface area (Å²) in [6.07, 6.45) is 3.33. The molecule has 1 saturated heterocycles. The molecule has 1 aromatic carbocycles. The van der Waals surface area contributed by atoms with Crippen LogP contribution in [0, 0.1) is 0 Å². The highest BCUT2D eigenvalue weighted by Gasteiger charge is 2.29. The molecule has 1 aliphatic rings. The first kappa shape index (κ1) is 17.3. The molecule has 0 N–H and O–H groups in total. The van der Waals surface area contributed by atoms with Crippen LogP contribution in [0.4, 0.5) is 0 Å². The summed E-state index contributed by atoms with van der Waals surface area (Å²) in [6, 6.07) is 7.80. The number of halogens is 1. The number of hydrogen-bond donors (Lipinski definition) is 0. The second-order valence-corrected chi connectivity index (χ2v) is 7.46. The minimum absolute atomic E-state index is 0.131. The minimum Gasteiger partial charge on any atom is -0.411 e. The molecule has 0 saturated carbocycles. The molecule has 1 fully saturated rings. The molecule has 1 amide bonds. The lowest BCUT2D eigenvalue weighted by molar-refractivity contribution is -0.134. The summed E-state index contributed by atoms with van der Waals surface area (Å²) in [5, 5.41) is 9.11. The Morgan fingerprint density at radius 1 is 1.25 bits per heavy atom. The van der Waals surface area contributed by atoms with Crippen molar-refractivity contribution in [2.24, 2.45) is 0 Å². The van der Waals surface area contributed by atoms with E-state index in [1.165, 1.54) is 18.2 Å². The van der Waals surface area contributed by atoms with Crippen LogP contribution in [-0.4, -0.2) is 38.8 Å². The summed E-state index contributed by atoms with van der Waals surface area (Å²) in [5.41, 5.74) is 0.809. The lowest BCUT2D eigenvalue weighted by Gasteiger charge is -2.39. The smallest absolute Gasteiger partial charge is 0.277 e. The number of thioether (sulfide) groups is 1. The van der Waals surface area contributed by atoms with E-state index in [-0.39, 0.29) is 5.91 Å². The van der Waals surface area contributed by atoms with Gasteiger partial charge in [-0.3, -0.25) is 4.79 Å². The number of rotatable bonds is 4. The number of likely N-dealkylation sites (tertiary alicyclic amines) is 1. The van der Waals surface area contributed by atoms with Crippen molar-refractivity contribution in [3.05, 3.63) is 29.3 Å². The summed E-state index contributed by atoms with van der Waals surface area (Å²) in [6.45, 7) is 4.23. The van der Waals surface area contributed by atoms with Crippen LogP contribution in [0.1, 0.15) is 33.1 Å². The van der Waals surface area contributed by atoms with Gasteiger partial charge in [0, 0.05) is 22.7 Å². The summed E-state index contributed by atoms with van der Waals surface area (Å²) in [4.78, 5) is 14.5. The molecule has 1 aromatic heterocycles. The molecule has 0 spiro atoms. The van der Waals surface area contributed by atoms with Crippen molar-refractivity contribution in [2.75, 3.05) is 5.75 Å². The highest BCUT2D eigenvalue weighted by Crippen LogP contribution is 2.27. The molecular weight excluding hydrogens is 346 g/mol. The Labute approximate surface area is 150 Å². The van der Waals surface area contributed by atoms with E-state index in [0.29, 0.717) is 34.0 Å². The van der Waals surface area contributed by atoms with Gasteiger partial charge >= 0.3 is 0 Å². The maximum absolute atomic E-state index is 12.5. The molecule has 0 bridgehead atoms. The zero-order valence-electron chi connectivity index (χ0n) is 13.7. The van der Waals surface area contributed by atoms with Gasteiger partial charge in [-0.1, -0.05) is 23.4 Å². The van der Waals surface area contributed by atoms with Crippen molar-refractivity contribution in [3.8, 4) is 11.5 Å². The van der Waals surface area contributed by atoms with Crippen LogP contribution in [0.15, 0.2) is 33.9 Å². The van der Waals surface area contributed by atoms with Gasteiger partial charge in [0.15, 0.2) is 0 Å². The Morgan fingerprint density at radius 3 is 2.58 bits per heavy atom. The lowest BCUT2D eigenvalue weighted by Crippen LogP contribution is -2.48. The number of hydrogen-bond acceptors (Lipinski definition) is 5. The van der Waals surface area contributed by atoms with E-state index in [4.69, 9.17) is 16.0 Å². The molecular formula is C17H20ClN3O2S. The van der Waals surface area contributed by atoms with Gasteiger partial charge in [0.1, 0.15) is 0 Å². The first-order chi connectivity index (χ1) is 11.5. The van der Waals surface area contributed by atoms with E-state index < -0.39 is 0 Å². The van der Waals surface area contributed by atoms with E-state index in [1.807, 2.05) is 17.0 Å². The van der Waals surface area contributed by atoms with Gasteiger partial charge in [0.05, 0.1) is 5.75 Å². The maximum Gasteiger partial charge on any atom is 0.277 e. The quantitative estimate of drug-likeness (QED) is 0.757. The van der Waals surface area contributed by atoms with Gasteiger partial charge < -0.3 is 9.32 Å². The number of benzene rings is 1.